The number of nitrogens with zero attached hydrogens (tertiary/aromatic N) is 3. The van der Waals surface area contributed by atoms with E-state index in [4.69, 9.17) is 35.2 Å². The van der Waals surface area contributed by atoms with Crippen molar-refractivity contribution in [2.45, 2.75) is 6.92 Å². The van der Waals surface area contributed by atoms with Gasteiger partial charge in [0.05, 0.1) is 41.2 Å². The molecule has 12 heteroatoms. The number of carbonyl (C=O) groups excluding carboxylic acids is 1. The van der Waals surface area contributed by atoms with Gasteiger partial charge in [0.25, 0.3) is 11.5 Å². The van der Waals surface area contributed by atoms with E-state index in [1.165, 1.54) is 30.5 Å². The van der Waals surface area contributed by atoms with Gasteiger partial charge in [0, 0.05) is 5.69 Å². The number of fused-ring (bicyclic) bond motifs is 2. The van der Waals surface area contributed by atoms with Crippen molar-refractivity contribution >= 4 is 51.3 Å². The first-order valence-electron chi connectivity index (χ1n) is 14.1. The number of hydrogen-bond donors (Lipinski definition) is 1. The summed E-state index contributed by atoms with van der Waals surface area (Å²) < 4.78 is 37.4. The van der Waals surface area contributed by atoms with Gasteiger partial charge >= 0.3 is 0 Å². The summed E-state index contributed by atoms with van der Waals surface area (Å²) in [6, 6.07) is 22.6. The average Bonchev–Trinajstić information content (AvgIpc) is 3.50. The number of benzene rings is 4. The molecule has 0 atom stereocenters. The van der Waals surface area contributed by atoms with Crippen LogP contribution in [0.2, 0.25) is 5.02 Å². The molecule has 2 aromatic heterocycles. The van der Waals surface area contributed by atoms with E-state index >= 15 is 0 Å². The monoisotopic (exact) mass is 640 g/mol. The number of furan rings is 1. The van der Waals surface area contributed by atoms with Gasteiger partial charge in [-0.25, -0.2) is 9.37 Å². The molecule has 0 saturated carbocycles. The van der Waals surface area contributed by atoms with Crippen LogP contribution in [0, 0.1) is 5.82 Å². The number of halogens is 2. The number of methoxy groups -OCH3 is 1. The highest BCUT2D eigenvalue weighted by molar-refractivity contribution is 6.32. The molecule has 0 aliphatic carbocycles. The number of anilines is 1. The van der Waals surface area contributed by atoms with E-state index in [2.05, 4.69) is 10.4 Å². The number of carbonyl (C=O) groups is 1. The van der Waals surface area contributed by atoms with E-state index < -0.39 is 17.3 Å². The number of hydrogen-bond acceptors (Lipinski definition) is 8. The largest absolute Gasteiger partial charge is 0.496 e. The number of rotatable bonds is 10. The number of nitrogens with one attached hydrogen (secondary N) is 1. The second-order valence-corrected chi connectivity index (χ2v) is 10.3. The maximum absolute atomic E-state index is 13.7. The predicted molar refractivity (Wildman–Crippen MR) is 174 cm³/mol. The number of aromatic nitrogens is 2. The minimum absolute atomic E-state index is 0.149. The minimum atomic E-state index is -0.477. The highest BCUT2D eigenvalue weighted by atomic mass is 35.5. The summed E-state index contributed by atoms with van der Waals surface area (Å²) in [6.45, 7) is 1.69. The van der Waals surface area contributed by atoms with E-state index in [1.54, 1.807) is 68.6 Å². The van der Waals surface area contributed by atoms with Crippen LogP contribution in [0.4, 0.5) is 10.1 Å². The molecule has 0 unspecified atom stereocenters. The summed E-state index contributed by atoms with van der Waals surface area (Å²) in [7, 11) is 1.57. The quantitative estimate of drug-likeness (QED) is 0.162. The summed E-state index contributed by atoms with van der Waals surface area (Å²) in [6.07, 6.45) is 1.43. The standard InChI is InChI=1S/C34H26ClFN4O6/c1-3-44-29-16-20(15-25(35)32(29)45-19-31(41)38-22-13-11-21(36)12-14-22)18-37-40-33(39-26-8-5-4-7-23(26)34(40)42)30-17-24-27(43-2)9-6-10-28(24)46-30/h4-18H,3,19H2,1-2H3,(H,38,41). The van der Waals surface area contributed by atoms with Crippen LogP contribution in [0.15, 0.2) is 99.2 Å². The zero-order valence-corrected chi connectivity index (χ0v) is 25.4. The molecule has 0 aliphatic rings. The Bertz CT molecular complexity index is 2160. The van der Waals surface area contributed by atoms with Gasteiger partial charge in [-0.2, -0.15) is 9.78 Å². The van der Waals surface area contributed by atoms with Crippen molar-refractivity contribution in [2.75, 3.05) is 25.6 Å². The number of ether oxygens (including phenoxy) is 3. The van der Waals surface area contributed by atoms with E-state index in [1.807, 2.05) is 6.07 Å². The van der Waals surface area contributed by atoms with Crippen molar-refractivity contribution in [3.8, 4) is 28.8 Å². The zero-order chi connectivity index (χ0) is 32.2. The second-order valence-electron chi connectivity index (χ2n) is 9.90. The van der Waals surface area contributed by atoms with Crippen LogP contribution >= 0.6 is 11.6 Å². The highest BCUT2D eigenvalue weighted by Gasteiger charge is 2.19. The first-order chi connectivity index (χ1) is 22.3. The van der Waals surface area contributed by atoms with Crippen molar-refractivity contribution in [1.29, 1.82) is 0 Å². The molecular formula is C34H26ClFN4O6. The Kier molecular flexibility index (Phi) is 8.66. The molecule has 46 heavy (non-hydrogen) atoms. The van der Waals surface area contributed by atoms with Crippen molar-refractivity contribution < 1.29 is 27.8 Å². The molecule has 2 heterocycles. The third-order valence-corrected chi connectivity index (χ3v) is 7.13. The van der Waals surface area contributed by atoms with Crippen molar-refractivity contribution in [3.63, 3.8) is 0 Å². The molecule has 0 saturated heterocycles. The molecule has 0 bridgehead atoms. The fourth-order valence-corrected chi connectivity index (χ4v) is 5.04. The van der Waals surface area contributed by atoms with Crippen molar-refractivity contribution in [2.24, 2.45) is 5.10 Å². The molecule has 1 amide bonds. The lowest BCUT2D eigenvalue weighted by atomic mass is 10.2. The van der Waals surface area contributed by atoms with E-state index in [-0.39, 0.29) is 35.6 Å². The van der Waals surface area contributed by atoms with E-state index in [0.717, 1.165) is 4.68 Å². The van der Waals surface area contributed by atoms with Crippen LogP contribution in [-0.2, 0) is 4.79 Å². The van der Waals surface area contributed by atoms with Gasteiger partial charge in [-0.1, -0.05) is 29.8 Å². The Morgan fingerprint density at radius 3 is 2.61 bits per heavy atom. The van der Waals surface area contributed by atoms with Gasteiger partial charge < -0.3 is 23.9 Å². The Labute approximate surface area is 266 Å². The molecular weight excluding hydrogens is 615 g/mol. The fraction of sp³-hybridized carbons (Fsp3) is 0.118. The van der Waals surface area contributed by atoms with Gasteiger partial charge in [-0.3, -0.25) is 9.59 Å². The highest BCUT2D eigenvalue weighted by Crippen LogP contribution is 2.37. The molecule has 1 N–H and O–H groups in total. The van der Waals surface area contributed by atoms with E-state index in [9.17, 15) is 14.0 Å². The molecule has 10 nitrogen and oxygen atoms in total. The Hall–Kier alpha value is -5.68. The van der Waals surface area contributed by atoms with Crippen LogP contribution in [0.25, 0.3) is 33.5 Å². The van der Waals surface area contributed by atoms with Gasteiger partial charge in [0.15, 0.2) is 23.9 Å². The maximum Gasteiger partial charge on any atom is 0.282 e. The Morgan fingerprint density at radius 2 is 1.83 bits per heavy atom. The summed E-state index contributed by atoms with van der Waals surface area (Å²) in [4.78, 5) is 30.9. The summed E-state index contributed by atoms with van der Waals surface area (Å²) in [5.74, 6) is 0.626. The summed E-state index contributed by atoms with van der Waals surface area (Å²) in [5, 5.41) is 8.35. The van der Waals surface area contributed by atoms with Crippen LogP contribution in [0.5, 0.6) is 17.2 Å². The number of para-hydroxylation sites is 1. The molecule has 6 rings (SSSR count). The van der Waals surface area contributed by atoms with Gasteiger partial charge in [0.1, 0.15) is 17.1 Å². The molecule has 232 valence electrons. The molecule has 0 spiro atoms. The van der Waals surface area contributed by atoms with E-state index in [0.29, 0.717) is 44.6 Å². The normalized spacial score (nSPS) is 11.3. The zero-order valence-electron chi connectivity index (χ0n) is 24.6. The molecule has 6 aromatic rings. The SMILES string of the molecule is CCOc1cc(C=Nn2c(-c3cc4c(OC)cccc4o3)nc3ccccc3c2=O)cc(Cl)c1OCC(=O)Nc1ccc(F)cc1. The smallest absolute Gasteiger partial charge is 0.282 e. The van der Waals surface area contributed by atoms with Crippen molar-refractivity contribution in [1.82, 2.24) is 9.66 Å². The van der Waals surface area contributed by atoms with Gasteiger partial charge in [0.2, 0.25) is 5.82 Å². The first kappa shape index (κ1) is 30.4. The predicted octanol–water partition coefficient (Wildman–Crippen LogP) is 6.91. The van der Waals surface area contributed by atoms with Crippen LogP contribution in [-0.4, -0.2) is 42.1 Å². The maximum atomic E-state index is 13.7. The topological polar surface area (TPSA) is 117 Å². The third-order valence-electron chi connectivity index (χ3n) is 6.85. The van der Waals surface area contributed by atoms with Crippen LogP contribution in [0.3, 0.4) is 0 Å². The Morgan fingerprint density at radius 1 is 1.02 bits per heavy atom. The number of amides is 1. The summed E-state index contributed by atoms with van der Waals surface area (Å²) in [5.41, 5.74) is 1.52. The lowest BCUT2D eigenvalue weighted by Crippen LogP contribution is -2.20. The fourth-order valence-electron chi connectivity index (χ4n) is 4.77. The Balaban J connectivity index is 1.34. The van der Waals surface area contributed by atoms with Gasteiger partial charge in [-0.15, -0.1) is 0 Å². The summed E-state index contributed by atoms with van der Waals surface area (Å²) >= 11 is 6.58. The van der Waals surface area contributed by atoms with Gasteiger partial charge in [-0.05, 0) is 79.2 Å². The molecule has 0 radical (unpaired) electrons. The first-order valence-corrected chi connectivity index (χ1v) is 14.5. The van der Waals surface area contributed by atoms with Crippen LogP contribution < -0.4 is 25.1 Å². The van der Waals surface area contributed by atoms with Crippen LogP contribution in [0.1, 0.15) is 12.5 Å². The minimum Gasteiger partial charge on any atom is -0.496 e. The molecule has 4 aromatic carbocycles. The molecule has 0 aliphatic heterocycles. The molecule has 0 fully saturated rings. The average molecular weight is 641 g/mol. The lowest BCUT2D eigenvalue weighted by molar-refractivity contribution is -0.118. The lowest BCUT2D eigenvalue weighted by Gasteiger charge is -2.14. The second kappa shape index (κ2) is 13.1. The third kappa shape index (κ3) is 6.26. The van der Waals surface area contributed by atoms with Crippen molar-refractivity contribution in [3.05, 3.63) is 112 Å².